The van der Waals surface area contributed by atoms with Gasteiger partial charge in [-0.15, -0.1) is 0 Å². The van der Waals surface area contributed by atoms with E-state index in [4.69, 9.17) is 0 Å². The van der Waals surface area contributed by atoms with Gasteiger partial charge in [-0.2, -0.15) is 0 Å². The van der Waals surface area contributed by atoms with E-state index in [-0.39, 0.29) is 23.7 Å². The van der Waals surface area contributed by atoms with E-state index in [0.29, 0.717) is 6.54 Å². The minimum absolute atomic E-state index is 0.0404. The first kappa shape index (κ1) is 15.5. The summed E-state index contributed by atoms with van der Waals surface area (Å²) in [6.07, 6.45) is 6.41. The number of hydrogen-bond acceptors (Lipinski definition) is 3. The molecular formula is C16H23N3O2S. The third kappa shape index (κ3) is 3.16. The highest BCUT2D eigenvalue weighted by Gasteiger charge is 2.31. The molecule has 1 aromatic rings. The molecule has 2 aliphatic heterocycles. The van der Waals surface area contributed by atoms with Gasteiger partial charge in [-0.05, 0) is 25.0 Å². The van der Waals surface area contributed by atoms with Crippen LogP contribution in [0.4, 0.5) is 4.79 Å². The highest BCUT2D eigenvalue weighted by Crippen LogP contribution is 2.30. The second-order valence-corrected chi connectivity index (χ2v) is 7.08. The Labute approximate surface area is 135 Å². The molecule has 3 rings (SSSR count). The van der Waals surface area contributed by atoms with Crippen LogP contribution in [-0.2, 0) is 11.8 Å². The fourth-order valence-corrected chi connectivity index (χ4v) is 4.18. The molecule has 0 saturated carbocycles. The van der Waals surface area contributed by atoms with E-state index < -0.39 is 0 Å². The maximum absolute atomic E-state index is 12.8. The Bertz CT molecular complexity index is 557. The summed E-state index contributed by atoms with van der Waals surface area (Å²) >= 11 is 1.31. The first-order chi connectivity index (χ1) is 10.7. The topological polar surface area (TPSA) is 45.6 Å². The molecule has 2 amide bonds. The summed E-state index contributed by atoms with van der Waals surface area (Å²) in [6.45, 7) is 1.72. The van der Waals surface area contributed by atoms with Crippen LogP contribution in [0.3, 0.4) is 0 Å². The van der Waals surface area contributed by atoms with Crippen LogP contribution in [0.5, 0.6) is 0 Å². The van der Waals surface area contributed by atoms with Crippen molar-refractivity contribution in [2.45, 2.75) is 31.7 Å². The predicted molar refractivity (Wildman–Crippen MR) is 87.8 cm³/mol. The minimum atomic E-state index is 0.0404. The molecule has 0 spiro atoms. The van der Waals surface area contributed by atoms with Crippen LogP contribution in [-0.4, -0.2) is 50.9 Å². The van der Waals surface area contributed by atoms with Crippen molar-refractivity contribution in [1.82, 2.24) is 14.4 Å². The zero-order valence-corrected chi connectivity index (χ0v) is 13.8. The van der Waals surface area contributed by atoms with Gasteiger partial charge in [0, 0.05) is 37.8 Å². The SMILES string of the molecule is Cn1cccc1[C@H]1CCCCCN1C(=O)CN1CCSC1=O. The van der Waals surface area contributed by atoms with Crippen molar-refractivity contribution >= 4 is 22.9 Å². The largest absolute Gasteiger partial charge is 0.353 e. The van der Waals surface area contributed by atoms with Crippen molar-refractivity contribution in [2.75, 3.05) is 25.4 Å². The van der Waals surface area contributed by atoms with Crippen LogP contribution in [0, 0.1) is 0 Å². The van der Waals surface area contributed by atoms with E-state index in [0.717, 1.165) is 31.6 Å². The second-order valence-electron chi connectivity index (χ2n) is 6.03. The Morgan fingerprint density at radius 1 is 1.32 bits per heavy atom. The maximum Gasteiger partial charge on any atom is 0.282 e. The molecule has 3 heterocycles. The molecule has 1 atom stereocenters. The monoisotopic (exact) mass is 321 g/mol. The van der Waals surface area contributed by atoms with Gasteiger partial charge in [0.15, 0.2) is 0 Å². The molecule has 2 fully saturated rings. The number of carbonyl (C=O) groups is 2. The Balaban J connectivity index is 1.76. The first-order valence-corrected chi connectivity index (χ1v) is 8.98. The molecule has 5 nitrogen and oxygen atoms in total. The lowest BCUT2D eigenvalue weighted by Crippen LogP contribution is -2.42. The van der Waals surface area contributed by atoms with E-state index in [1.54, 1.807) is 4.90 Å². The second kappa shape index (κ2) is 6.77. The van der Waals surface area contributed by atoms with Crippen LogP contribution in [0.2, 0.25) is 0 Å². The van der Waals surface area contributed by atoms with Crippen LogP contribution >= 0.6 is 11.8 Å². The third-order valence-electron chi connectivity index (χ3n) is 4.57. The molecule has 0 unspecified atom stereocenters. The van der Waals surface area contributed by atoms with Crippen LogP contribution in [0.25, 0.3) is 0 Å². The molecule has 0 aliphatic carbocycles. The van der Waals surface area contributed by atoms with Gasteiger partial charge in [-0.25, -0.2) is 0 Å². The lowest BCUT2D eigenvalue weighted by Gasteiger charge is -2.32. The lowest BCUT2D eigenvalue weighted by molar-refractivity contribution is -0.134. The highest BCUT2D eigenvalue weighted by atomic mass is 32.2. The van der Waals surface area contributed by atoms with Gasteiger partial charge < -0.3 is 14.4 Å². The molecule has 2 saturated heterocycles. The number of hydrogen-bond donors (Lipinski definition) is 0. The summed E-state index contributed by atoms with van der Waals surface area (Å²) in [5.41, 5.74) is 1.19. The molecule has 6 heteroatoms. The summed E-state index contributed by atoms with van der Waals surface area (Å²) in [5, 5.41) is 0.0404. The van der Waals surface area contributed by atoms with Gasteiger partial charge in [0.25, 0.3) is 5.24 Å². The average molecular weight is 321 g/mol. The molecule has 1 aromatic heterocycles. The summed E-state index contributed by atoms with van der Waals surface area (Å²) in [6, 6.07) is 4.27. The van der Waals surface area contributed by atoms with Gasteiger partial charge in [0.2, 0.25) is 5.91 Å². The Kier molecular flexibility index (Phi) is 4.76. The fraction of sp³-hybridized carbons (Fsp3) is 0.625. The minimum Gasteiger partial charge on any atom is -0.353 e. The summed E-state index contributed by atoms with van der Waals surface area (Å²) in [7, 11) is 2.03. The molecule has 2 aliphatic rings. The van der Waals surface area contributed by atoms with Crippen LogP contribution in [0.15, 0.2) is 18.3 Å². The molecule has 0 radical (unpaired) electrons. The van der Waals surface area contributed by atoms with E-state index >= 15 is 0 Å². The lowest BCUT2D eigenvalue weighted by atomic mass is 10.1. The van der Waals surface area contributed by atoms with Crippen molar-refractivity contribution in [3.05, 3.63) is 24.0 Å². The molecule has 0 aromatic carbocycles. The summed E-state index contributed by atoms with van der Waals surface area (Å²) in [4.78, 5) is 28.2. The Hall–Kier alpha value is -1.43. The van der Waals surface area contributed by atoms with Crippen molar-refractivity contribution < 1.29 is 9.59 Å². The maximum atomic E-state index is 12.8. The van der Waals surface area contributed by atoms with E-state index in [9.17, 15) is 9.59 Å². The van der Waals surface area contributed by atoms with Crippen LogP contribution in [0.1, 0.15) is 37.4 Å². The summed E-state index contributed by atoms with van der Waals surface area (Å²) in [5.74, 6) is 0.886. The third-order valence-corrected chi connectivity index (χ3v) is 5.46. The van der Waals surface area contributed by atoms with E-state index in [1.165, 1.54) is 23.9 Å². The van der Waals surface area contributed by atoms with E-state index in [2.05, 4.69) is 10.6 Å². The number of carbonyl (C=O) groups excluding carboxylic acids is 2. The standard InChI is InChI=1S/C16H23N3O2S/c1-17-8-5-7-13(17)14-6-3-2-4-9-19(14)15(20)12-18-10-11-22-16(18)21/h5,7-8,14H,2-4,6,9-12H2,1H3/t14-/m1/s1. The van der Waals surface area contributed by atoms with Crippen molar-refractivity contribution in [3.8, 4) is 0 Å². The van der Waals surface area contributed by atoms with Gasteiger partial charge in [-0.3, -0.25) is 9.59 Å². The number of aromatic nitrogens is 1. The van der Waals surface area contributed by atoms with Gasteiger partial charge >= 0.3 is 0 Å². The van der Waals surface area contributed by atoms with E-state index in [1.807, 2.05) is 24.2 Å². The van der Waals surface area contributed by atoms with Crippen molar-refractivity contribution in [1.29, 1.82) is 0 Å². The van der Waals surface area contributed by atoms with Crippen molar-refractivity contribution in [3.63, 3.8) is 0 Å². The normalized spacial score (nSPS) is 23.0. The van der Waals surface area contributed by atoms with Gasteiger partial charge in [0.1, 0.15) is 6.54 Å². The zero-order chi connectivity index (χ0) is 15.5. The molecular weight excluding hydrogens is 298 g/mol. The molecule has 0 bridgehead atoms. The predicted octanol–water partition coefficient (Wildman–Crippen LogP) is 2.64. The fourth-order valence-electron chi connectivity index (χ4n) is 3.36. The number of nitrogens with zero attached hydrogens (tertiary/aromatic N) is 3. The smallest absolute Gasteiger partial charge is 0.282 e. The quantitative estimate of drug-likeness (QED) is 0.860. The Morgan fingerprint density at radius 3 is 2.86 bits per heavy atom. The number of amides is 2. The van der Waals surface area contributed by atoms with Gasteiger partial charge in [0.05, 0.1) is 6.04 Å². The van der Waals surface area contributed by atoms with Crippen molar-refractivity contribution in [2.24, 2.45) is 7.05 Å². The Morgan fingerprint density at radius 2 is 2.18 bits per heavy atom. The molecule has 22 heavy (non-hydrogen) atoms. The zero-order valence-electron chi connectivity index (χ0n) is 13.0. The summed E-state index contributed by atoms with van der Waals surface area (Å²) < 4.78 is 2.10. The first-order valence-electron chi connectivity index (χ1n) is 7.99. The number of thioether (sulfide) groups is 1. The average Bonchev–Trinajstić information content (AvgIpc) is 3.00. The van der Waals surface area contributed by atoms with Crippen LogP contribution < -0.4 is 0 Å². The number of aryl methyl sites for hydroxylation is 1. The van der Waals surface area contributed by atoms with Gasteiger partial charge in [-0.1, -0.05) is 24.6 Å². The molecule has 0 N–H and O–H groups in total. The highest BCUT2D eigenvalue weighted by molar-refractivity contribution is 8.13. The number of rotatable bonds is 3. The number of likely N-dealkylation sites (tertiary alicyclic amines) is 1. The molecule has 120 valence electrons.